The van der Waals surface area contributed by atoms with E-state index in [2.05, 4.69) is 24.1 Å². The maximum Gasteiger partial charge on any atom is 0.280 e. The average molecular weight is 394 g/mol. The first-order chi connectivity index (χ1) is 12.4. The fourth-order valence-corrected chi connectivity index (χ4v) is 5.51. The molecule has 26 heavy (non-hydrogen) atoms. The molecule has 0 spiro atoms. The molecule has 1 aromatic carbocycles. The van der Waals surface area contributed by atoms with Gasteiger partial charge in [0.25, 0.3) is 5.91 Å². The molecule has 0 aliphatic carbocycles. The predicted molar refractivity (Wildman–Crippen MR) is 103 cm³/mol. The molecule has 3 rings (SSSR count). The van der Waals surface area contributed by atoms with Crippen LogP contribution in [-0.4, -0.2) is 36.7 Å². The van der Waals surface area contributed by atoms with E-state index in [0.717, 1.165) is 11.3 Å². The molecule has 0 radical (unpaired) electrons. The summed E-state index contributed by atoms with van der Waals surface area (Å²) in [5.74, 6) is 0.199. The van der Waals surface area contributed by atoms with E-state index in [1.165, 1.54) is 15.6 Å². The van der Waals surface area contributed by atoms with Gasteiger partial charge < -0.3 is 5.32 Å². The van der Waals surface area contributed by atoms with Crippen LogP contribution in [0.15, 0.2) is 29.2 Å². The highest BCUT2D eigenvalue weighted by atomic mass is 32.2. The lowest BCUT2D eigenvalue weighted by Crippen LogP contribution is -2.29. The molecule has 0 saturated heterocycles. The van der Waals surface area contributed by atoms with Crippen LogP contribution in [0.3, 0.4) is 0 Å². The van der Waals surface area contributed by atoms with Gasteiger partial charge in [-0.3, -0.25) is 4.79 Å². The molecule has 2 aromatic rings. The maximum absolute atomic E-state index is 12.9. The van der Waals surface area contributed by atoms with Gasteiger partial charge in [0.05, 0.1) is 17.1 Å². The molecule has 0 saturated carbocycles. The van der Waals surface area contributed by atoms with Crippen LogP contribution in [0.5, 0.6) is 0 Å². The lowest BCUT2D eigenvalue weighted by atomic mass is 10.1. The summed E-state index contributed by atoms with van der Waals surface area (Å²) in [6, 6.07) is 6.86. The number of carbonyl (C=O) groups is 1. The Kier molecular flexibility index (Phi) is 5.45. The number of fused-ring (bicyclic) bond motifs is 3. The Bertz CT molecular complexity index is 922. The summed E-state index contributed by atoms with van der Waals surface area (Å²) in [4.78, 5) is 18.0. The highest BCUT2D eigenvalue weighted by Gasteiger charge is 2.33. The second-order valence-electron chi connectivity index (χ2n) is 6.44. The molecule has 1 aliphatic rings. The van der Waals surface area contributed by atoms with Crippen molar-refractivity contribution in [1.29, 1.82) is 0 Å². The number of aromatic nitrogens is 1. The van der Waals surface area contributed by atoms with Crippen molar-refractivity contribution in [2.75, 3.05) is 13.1 Å². The van der Waals surface area contributed by atoms with Crippen molar-refractivity contribution in [3.63, 3.8) is 0 Å². The van der Waals surface area contributed by atoms with Gasteiger partial charge in [-0.05, 0) is 12.0 Å². The second-order valence-corrected chi connectivity index (χ2v) is 9.43. The van der Waals surface area contributed by atoms with Crippen LogP contribution in [0.1, 0.15) is 41.9 Å². The number of nitrogens with one attached hydrogen (secondary N) is 1. The van der Waals surface area contributed by atoms with Crippen LogP contribution in [0.4, 0.5) is 0 Å². The Morgan fingerprint density at radius 1 is 1.35 bits per heavy atom. The van der Waals surface area contributed by atoms with Gasteiger partial charge in [0, 0.05) is 23.5 Å². The predicted octanol–water partition coefficient (Wildman–Crippen LogP) is 3.11. The van der Waals surface area contributed by atoms with Crippen molar-refractivity contribution in [3.8, 4) is 11.3 Å². The van der Waals surface area contributed by atoms with E-state index in [1.54, 1.807) is 24.3 Å². The highest BCUT2D eigenvalue weighted by Crippen LogP contribution is 2.38. The van der Waals surface area contributed by atoms with E-state index < -0.39 is 10.0 Å². The fraction of sp³-hybridized carbons (Fsp3) is 0.444. The molecule has 8 heteroatoms. The maximum atomic E-state index is 12.9. The normalized spacial score (nSPS) is 17.0. The average Bonchev–Trinajstić information content (AvgIpc) is 3.04. The van der Waals surface area contributed by atoms with E-state index >= 15 is 0 Å². The third-order valence-electron chi connectivity index (χ3n) is 4.63. The largest absolute Gasteiger partial charge is 0.350 e. The number of nitrogens with zero attached hydrogens (tertiary/aromatic N) is 2. The Labute approximate surface area is 158 Å². The first kappa shape index (κ1) is 19.0. The summed E-state index contributed by atoms with van der Waals surface area (Å²) >= 11 is 1.27. The molecule has 1 aliphatic heterocycles. The molecule has 0 fully saturated rings. The summed E-state index contributed by atoms with van der Waals surface area (Å²) < 4.78 is 27.2. The third kappa shape index (κ3) is 3.41. The first-order valence-electron chi connectivity index (χ1n) is 8.75. The van der Waals surface area contributed by atoms with Gasteiger partial charge in [0.1, 0.15) is 0 Å². The number of carbonyl (C=O) groups excluding carboxylic acids is 1. The number of benzene rings is 1. The zero-order chi connectivity index (χ0) is 18.9. The monoisotopic (exact) mass is 393 g/mol. The molecule has 1 N–H and O–H groups in total. The van der Waals surface area contributed by atoms with E-state index in [9.17, 15) is 13.2 Å². The molecule has 6 nitrogen and oxygen atoms in total. The van der Waals surface area contributed by atoms with Crippen molar-refractivity contribution in [3.05, 3.63) is 34.2 Å². The number of sulfonamides is 1. The highest BCUT2D eigenvalue weighted by molar-refractivity contribution is 7.89. The Balaban J connectivity index is 2.02. The van der Waals surface area contributed by atoms with Crippen molar-refractivity contribution in [2.24, 2.45) is 5.92 Å². The summed E-state index contributed by atoms with van der Waals surface area (Å²) in [5, 5.41) is 3.30. The molecule has 0 unspecified atom stereocenters. The van der Waals surface area contributed by atoms with Gasteiger partial charge >= 0.3 is 0 Å². The zero-order valence-electron chi connectivity index (χ0n) is 15.2. The minimum atomic E-state index is -3.57. The van der Waals surface area contributed by atoms with Crippen LogP contribution in [-0.2, 0) is 16.6 Å². The lowest BCUT2D eigenvalue weighted by molar-refractivity contribution is 0.0947. The molecular formula is C18H23N3O3S2. The van der Waals surface area contributed by atoms with Gasteiger partial charge in [-0.1, -0.05) is 45.4 Å². The number of hydrogen-bond donors (Lipinski definition) is 1. The summed E-state index contributed by atoms with van der Waals surface area (Å²) in [6.07, 6.45) is 0.991. The lowest BCUT2D eigenvalue weighted by Gasteiger charge is -2.18. The van der Waals surface area contributed by atoms with E-state index in [-0.39, 0.29) is 17.3 Å². The summed E-state index contributed by atoms with van der Waals surface area (Å²) in [7, 11) is -3.57. The van der Waals surface area contributed by atoms with Gasteiger partial charge in [0.2, 0.25) is 10.0 Å². The third-order valence-corrected chi connectivity index (χ3v) is 7.65. The Morgan fingerprint density at radius 2 is 2.08 bits per heavy atom. The Hall–Kier alpha value is -1.77. The molecule has 1 amide bonds. The quantitative estimate of drug-likeness (QED) is 0.846. The van der Waals surface area contributed by atoms with Crippen molar-refractivity contribution < 1.29 is 13.2 Å². The van der Waals surface area contributed by atoms with Gasteiger partial charge in [0.15, 0.2) is 5.01 Å². The second kappa shape index (κ2) is 7.46. The number of thiazole rings is 1. The fourth-order valence-electron chi connectivity index (χ4n) is 2.81. The van der Waals surface area contributed by atoms with Gasteiger partial charge in [-0.25, -0.2) is 13.4 Å². The van der Waals surface area contributed by atoms with Crippen LogP contribution >= 0.6 is 11.3 Å². The van der Waals surface area contributed by atoms with Crippen LogP contribution < -0.4 is 5.32 Å². The molecule has 1 aromatic heterocycles. The number of amides is 1. The van der Waals surface area contributed by atoms with Crippen LogP contribution in [0, 0.1) is 5.92 Å². The van der Waals surface area contributed by atoms with E-state index in [4.69, 9.17) is 0 Å². The molecule has 1 atom stereocenters. The Morgan fingerprint density at radius 3 is 2.77 bits per heavy atom. The topological polar surface area (TPSA) is 79.4 Å². The minimum absolute atomic E-state index is 0.202. The van der Waals surface area contributed by atoms with E-state index in [1.807, 2.05) is 6.92 Å². The molecule has 0 bridgehead atoms. The standard InChI is InChI=1S/C18H23N3O3S2/c1-4-12(3)10-19-17(22)18-20-16-13-8-6-7-9-15(13)26(23,24)21(5-2)11-14(16)25-18/h6-9,12H,4-5,10-11H2,1-3H3,(H,19,22)/t12-/m1/s1. The molecular weight excluding hydrogens is 370 g/mol. The van der Waals surface area contributed by atoms with Crippen LogP contribution in [0.2, 0.25) is 0 Å². The minimum Gasteiger partial charge on any atom is -0.350 e. The van der Waals surface area contributed by atoms with Crippen molar-refractivity contribution >= 4 is 27.3 Å². The number of hydrogen-bond acceptors (Lipinski definition) is 5. The summed E-state index contributed by atoms with van der Waals surface area (Å²) in [6.45, 7) is 7.18. The molecule has 2 heterocycles. The van der Waals surface area contributed by atoms with Crippen LogP contribution in [0.25, 0.3) is 11.3 Å². The molecule has 140 valence electrons. The van der Waals surface area contributed by atoms with Gasteiger partial charge in [-0.2, -0.15) is 4.31 Å². The van der Waals surface area contributed by atoms with Crippen molar-refractivity contribution in [2.45, 2.75) is 38.6 Å². The smallest absolute Gasteiger partial charge is 0.280 e. The zero-order valence-corrected chi connectivity index (χ0v) is 16.8. The van der Waals surface area contributed by atoms with Gasteiger partial charge in [-0.15, -0.1) is 11.3 Å². The van der Waals surface area contributed by atoms with E-state index in [0.29, 0.717) is 35.3 Å². The number of rotatable bonds is 5. The van der Waals surface area contributed by atoms with Crippen molar-refractivity contribution in [1.82, 2.24) is 14.6 Å². The SMILES string of the molecule is CC[C@@H](C)CNC(=O)c1nc2c(s1)CN(CC)S(=O)(=O)c1ccccc1-2. The first-order valence-corrected chi connectivity index (χ1v) is 11.0. The summed E-state index contributed by atoms with van der Waals surface area (Å²) in [5.41, 5.74) is 1.16.